The van der Waals surface area contributed by atoms with E-state index in [0.29, 0.717) is 19.1 Å². The number of carbonyl (C=O) groups is 1. The highest BCUT2D eigenvalue weighted by Gasteiger charge is 2.27. The van der Waals surface area contributed by atoms with Crippen molar-refractivity contribution in [2.45, 2.75) is 71.1 Å². The normalized spacial score (nSPS) is 24.7. The Hall–Kier alpha value is -0.810. The van der Waals surface area contributed by atoms with Crippen LogP contribution < -0.4 is 11.1 Å². The highest BCUT2D eigenvalue weighted by atomic mass is 16.6. The van der Waals surface area contributed by atoms with Crippen molar-refractivity contribution < 1.29 is 9.53 Å². The predicted octanol–water partition coefficient (Wildman–Crippen LogP) is 2.35. The van der Waals surface area contributed by atoms with Gasteiger partial charge in [-0.25, -0.2) is 4.79 Å². The second-order valence-corrected chi connectivity index (χ2v) is 7.36. The lowest BCUT2D eigenvalue weighted by atomic mass is 9.86. The van der Waals surface area contributed by atoms with Crippen LogP contribution in [0.1, 0.15) is 53.4 Å². The Morgan fingerprint density at radius 2 is 2.10 bits per heavy atom. The monoisotopic (exact) mass is 299 g/mol. The maximum atomic E-state index is 11.7. The van der Waals surface area contributed by atoms with Crippen LogP contribution in [0.3, 0.4) is 0 Å². The lowest BCUT2D eigenvalue weighted by Crippen LogP contribution is -2.51. The van der Waals surface area contributed by atoms with Gasteiger partial charge in [-0.05, 0) is 46.6 Å². The van der Waals surface area contributed by atoms with Crippen molar-refractivity contribution in [1.29, 1.82) is 0 Å². The summed E-state index contributed by atoms with van der Waals surface area (Å²) < 4.78 is 5.27. The van der Waals surface area contributed by atoms with E-state index >= 15 is 0 Å². The minimum Gasteiger partial charge on any atom is -0.444 e. The topological polar surface area (TPSA) is 67.6 Å². The molecule has 0 aromatic rings. The Kier molecular flexibility index (Phi) is 6.94. The van der Waals surface area contributed by atoms with Gasteiger partial charge in [0.15, 0.2) is 0 Å². The predicted molar refractivity (Wildman–Crippen MR) is 86.3 cm³/mol. The SMILES string of the molecule is CC1CCCC(N(C)C(CN)CNC(=O)OC(C)(C)C)C1. The Labute approximate surface area is 129 Å². The average Bonchev–Trinajstić information content (AvgIpc) is 2.37. The van der Waals surface area contributed by atoms with E-state index in [2.05, 4.69) is 24.2 Å². The van der Waals surface area contributed by atoms with Crippen LogP contribution in [-0.2, 0) is 4.74 Å². The number of nitrogens with two attached hydrogens (primary N) is 1. The van der Waals surface area contributed by atoms with E-state index in [-0.39, 0.29) is 12.1 Å². The summed E-state index contributed by atoms with van der Waals surface area (Å²) in [6.07, 6.45) is 4.69. The molecule has 0 radical (unpaired) electrons. The molecule has 3 unspecified atom stereocenters. The van der Waals surface area contributed by atoms with Gasteiger partial charge in [0.05, 0.1) is 0 Å². The molecule has 21 heavy (non-hydrogen) atoms. The third-order valence-electron chi connectivity index (χ3n) is 4.21. The van der Waals surface area contributed by atoms with Crippen LogP contribution in [-0.4, -0.2) is 48.8 Å². The van der Waals surface area contributed by atoms with Crippen molar-refractivity contribution in [1.82, 2.24) is 10.2 Å². The molecule has 0 saturated heterocycles. The number of amides is 1. The second kappa shape index (κ2) is 7.99. The van der Waals surface area contributed by atoms with Crippen molar-refractivity contribution in [3.8, 4) is 0 Å². The van der Waals surface area contributed by atoms with Gasteiger partial charge in [-0.3, -0.25) is 4.90 Å². The molecule has 1 saturated carbocycles. The summed E-state index contributed by atoms with van der Waals surface area (Å²) in [7, 11) is 2.12. The summed E-state index contributed by atoms with van der Waals surface area (Å²) >= 11 is 0. The highest BCUT2D eigenvalue weighted by Crippen LogP contribution is 2.27. The summed E-state index contributed by atoms with van der Waals surface area (Å²) in [5, 5.41) is 2.84. The molecule has 0 aromatic heterocycles. The largest absolute Gasteiger partial charge is 0.444 e. The Morgan fingerprint density at radius 3 is 2.62 bits per heavy atom. The van der Waals surface area contributed by atoms with Crippen LogP contribution in [0.4, 0.5) is 4.79 Å². The van der Waals surface area contributed by atoms with Gasteiger partial charge in [-0.2, -0.15) is 0 Å². The molecule has 5 heteroatoms. The van der Waals surface area contributed by atoms with Gasteiger partial charge < -0.3 is 15.8 Å². The fourth-order valence-corrected chi connectivity index (χ4v) is 2.98. The van der Waals surface area contributed by atoms with Crippen molar-refractivity contribution in [3.63, 3.8) is 0 Å². The summed E-state index contributed by atoms with van der Waals surface area (Å²) in [5.41, 5.74) is 5.43. The summed E-state index contributed by atoms with van der Waals surface area (Å²) in [6, 6.07) is 0.732. The molecule has 1 aliphatic carbocycles. The van der Waals surface area contributed by atoms with Gasteiger partial charge in [0.25, 0.3) is 0 Å². The van der Waals surface area contributed by atoms with Gasteiger partial charge in [-0.15, -0.1) is 0 Å². The van der Waals surface area contributed by atoms with Gasteiger partial charge in [0.2, 0.25) is 0 Å². The van der Waals surface area contributed by atoms with Gasteiger partial charge >= 0.3 is 6.09 Å². The molecule has 1 amide bonds. The summed E-state index contributed by atoms with van der Waals surface area (Å²) in [4.78, 5) is 14.1. The molecular formula is C16H33N3O2. The van der Waals surface area contributed by atoms with Gasteiger partial charge in [-0.1, -0.05) is 19.8 Å². The smallest absolute Gasteiger partial charge is 0.407 e. The van der Waals surface area contributed by atoms with Crippen molar-refractivity contribution in [2.24, 2.45) is 11.7 Å². The Bertz CT molecular complexity index is 328. The standard InChI is InChI=1S/C16H33N3O2/c1-12-7-6-8-13(9-12)19(5)14(10-17)11-18-15(20)21-16(2,3)4/h12-14H,6-11,17H2,1-5H3,(H,18,20). The molecule has 0 spiro atoms. The van der Waals surface area contributed by atoms with E-state index in [1.165, 1.54) is 25.7 Å². The van der Waals surface area contributed by atoms with Crippen molar-refractivity contribution >= 4 is 6.09 Å². The number of ether oxygens (including phenoxy) is 1. The number of hydrogen-bond acceptors (Lipinski definition) is 4. The van der Waals surface area contributed by atoms with Crippen LogP contribution in [0, 0.1) is 5.92 Å². The first-order chi connectivity index (χ1) is 9.73. The molecule has 0 bridgehead atoms. The minimum absolute atomic E-state index is 0.160. The number of nitrogens with zero attached hydrogens (tertiary/aromatic N) is 1. The highest BCUT2D eigenvalue weighted by molar-refractivity contribution is 5.67. The van der Waals surface area contributed by atoms with Crippen molar-refractivity contribution in [3.05, 3.63) is 0 Å². The van der Waals surface area contributed by atoms with Crippen molar-refractivity contribution in [2.75, 3.05) is 20.1 Å². The molecule has 0 heterocycles. The zero-order valence-electron chi connectivity index (χ0n) is 14.3. The molecule has 5 nitrogen and oxygen atoms in total. The third-order valence-corrected chi connectivity index (χ3v) is 4.21. The zero-order chi connectivity index (χ0) is 16.0. The fourth-order valence-electron chi connectivity index (χ4n) is 2.98. The zero-order valence-corrected chi connectivity index (χ0v) is 14.3. The first-order valence-electron chi connectivity index (χ1n) is 8.11. The maximum Gasteiger partial charge on any atom is 0.407 e. The Balaban J connectivity index is 2.44. The van der Waals surface area contributed by atoms with E-state index in [4.69, 9.17) is 10.5 Å². The molecule has 1 fully saturated rings. The van der Waals surface area contributed by atoms with E-state index in [1.54, 1.807) is 0 Å². The summed E-state index contributed by atoms with van der Waals surface area (Å²) in [6.45, 7) is 8.98. The molecule has 1 aliphatic rings. The number of rotatable bonds is 5. The first-order valence-corrected chi connectivity index (χ1v) is 8.11. The van der Waals surface area contributed by atoms with E-state index in [0.717, 1.165) is 5.92 Å². The van der Waals surface area contributed by atoms with Crippen LogP contribution in [0.25, 0.3) is 0 Å². The van der Waals surface area contributed by atoms with Gasteiger partial charge in [0, 0.05) is 25.2 Å². The van der Waals surface area contributed by atoms with Crippen LogP contribution >= 0.6 is 0 Å². The fraction of sp³-hybridized carbons (Fsp3) is 0.938. The van der Waals surface area contributed by atoms with E-state index in [9.17, 15) is 4.79 Å². The molecular weight excluding hydrogens is 266 g/mol. The average molecular weight is 299 g/mol. The number of likely N-dealkylation sites (N-methyl/N-ethyl adjacent to an activating group) is 1. The molecule has 124 valence electrons. The molecule has 0 aromatic carbocycles. The third kappa shape index (κ3) is 6.66. The maximum absolute atomic E-state index is 11.7. The van der Waals surface area contributed by atoms with Crippen LogP contribution in [0.15, 0.2) is 0 Å². The number of hydrogen-bond donors (Lipinski definition) is 2. The van der Waals surface area contributed by atoms with E-state index < -0.39 is 5.60 Å². The molecule has 0 aliphatic heterocycles. The lowest BCUT2D eigenvalue weighted by Gasteiger charge is -2.38. The van der Waals surface area contributed by atoms with Crippen LogP contribution in [0.2, 0.25) is 0 Å². The summed E-state index contributed by atoms with van der Waals surface area (Å²) in [5.74, 6) is 0.781. The second-order valence-electron chi connectivity index (χ2n) is 7.36. The number of carbonyl (C=O) groups excluding carboxylic acids is 1. The lowest BCUT2D eigenvalue weighted by molar-refractivity contribution is 0.0495. The molecule has 1 rings (SSSR count). The Morgan fingerprint density at radius 1 is 1.43 bits per heavy atom. The first kappa shape index (κ1) is 18.2. The minimum atomic E-state index is -0.465. The molecule has 3 N–H and O–H groups in total. The number of nitrogens with one attached hydrogen (secondary N) is 1. The van der Waals surface area contributed by atoms with Gasteiger partial charge in [0.1, 0.15) is 5.60 Å². The van der Waals surface area contributed by atoms with E-state index in [1.807, 2.05) is 20.8 Å². The number of alkyl carbamates (subject to hydrolysis) is 1. The quantitative estimate of drug-likeness (QED) is 0.817. The molecule has 3 atom stereocenters. The van der Waals surface area contributed by atoms with Crippen LogP contribution in [0.5, 0.6) is 0 Å².